The fourth-order valence-corrected chi connectivity index (χ4v) is 5.50. The van der Waals surface area contributed by atoms with Crippen molar-refractivity contribution in [3.8, 4) is 0 Å². The van der Waals surface area contributed by atoms with Crippen LogP contribution in [0, 0.1) is 6.92 Å². The molecule has 2 fully saturated rings. The van der Waals surface area contributed by atoms with E-state index >= 15 is 0 Å². The number of ether oxygens (including phenoxy) is 1. The van der Waals surface area contributed by atoms with Crippen molar-refractivity contribution in [3.63, 3.8) is 0 Å². The van der Waals surface area contributed by atoms with Crippen LogP contribution in [0.2, 0.25) is 0 Å². The Hall–Kier alpha value is -3.04. The van der Waals surface area contributed by atoms with Gasteiger partial charge in [0, 0.05) is 19.1 Å². The molecule has 0 atom stereocenters. The van der Waals surface area contributed by atoms with E-state index in [1.807, 2.05) is 18.2 Å². The molecule has 0 radical (unpaired) electrons. The highest BCUT2D eigenvalue weighted by Gasteiger charge is 2.23. The highest BCUT2D eigenvalue weighted by molar-refractivity contribution is 7.21. The summed E-state index contributed by atoms with van der Waals surface area (Å²) in [7, 11) is 0. The molecule has 9 heteroatoms. The summed E-state index contributed by atoms with van der Waals surface area (Å²) in [6.45, 7) is 4.86. The average Bonchev–Trinajstić information content (AvgIpc) is 3.29. The summed E-state index contributed by atoms with van der Waals surface area (Å²) in [5.74, 6) is 1.22. The summed E-state index contributed by atoms with van der Waals surface area (Å²) in [5.41, 5.74) is 5.91. The van der Waals surface area contributed by atoms with Crippen LogP contribution < -0.4 is 15.6 Å². The zero-order valence-electron chi connectivity index (χ0n) is 19.4. The van der Waals surface area contributed by atoms with Crippen LogP contribution in [0.25, 0.3) is 10.2 Å². The van der Waals surface area contributed by atoms with Gasteiger partial charge < -0.3 is 15.0 Å². The SMILES string of the molecule is Cc1cccc(/C=N/Nc2nc(N3CCOCC3)c3sc(C(=O)NC4CCCCC4)cc3n2)c1. The maximum absolute atomic E-state index is 13.0. The standard InChI is InChI=1S/C25H30N6O2S/c1-17-6-5-7-18(14-17)16-26-30-25-28-20-15-21(24(32)27-19-8-3-2-4-9-19)34-22(20)23(29-25)31-10-12-33-13-11-31/h5-7,14-16,19H,2-4,8-13H2,1H3,(H,27,32)(H,28,29,30)/b26-16+. The molecule has 178 valence electrons. The number of morpholine rings is 1. The van der Waals surface area contributed by atoms with E-state index in [0.717, 1.165) is 47.5 Å². The summed E-state index contributed by atoms with van der Waals surface area (Å²) >= 11 is 1.46. The largest absolute Gasteiger partial charge is 0.378 e. The molecule has 2 N–H and O–H groups in total. The summed E-state index contributed by atoms with van der Waals surface area (Å²) < 4.78 is 6.45. The Morgan fingerprint density at radius 2 is 2.00 bits per heavy atom. The lowest BCUT2D eigenvalue weighted by Gasteiger charge is -2.28. The molecule has 0 bridgehead atoms. The quantitative estimate of drug-likeness (QED) is 0.404. The molecule has 3 aromatic rings. The van der Waals surface area contributed by atoms with Gasteiger partial charge in [-0.25, -0.2) is 10.4 Å². The molecule has 2 aromatic heterocycles. The Labute approximate surface area is 203 Å². The second-order valence-electron chi connectivity index (χ2n) is 8.89. The number of thiophene rings is 1. The van der Waals surface area contributed by atoms with E-state index < -0.39 is 0 Å². The molecule has 1 aromatic carbocycles. The topological polar surface area (TPSA) is 91.7 Å². The lowest BCUT2D eigenvalue weighted by molar-refractivity contribution is 0.0932. The first kappa shape index (κ1) is 22.7. The lowest BCUT2D eigenvalue weighted by Crippen LogP contribution is -2.37. The number of carbonyl (C=O) groups excluding carboxylic acids is 1. The van der Waals surface area contributed by atoms with Crippen molar-refractivity contribution in [2.45, 2.75) is 45.1 Å². The van der Waals surface area contributed by atoms with Gasteiger partial charge in [0.1, 0.15) is 0 Å². The third-order valence-electron chi connectivity index (χ3n) is 6.25. The number of anilines is 2. The van der Waals surface area contributed by atoms with Crippen molar-refractivity contribution in [1.82, 2.24) is 15.3 Å². The first-order chi connectivity index (χ1) is 16.7. The van der Waals surface area contributed by atoms with E-state index in [1.54, 1.807) is 6.21 Å². The van der Waals surface area contributed by atoms with Crippen molar-refractivity contribution in [2.75, 3.05) is 36.6 Å². The summed E-state index contributed by atoms with van der Waals surface area (Å²) in [6.07, 6.45) is 7.50. The van der Waals surface area contributed by atoms with E-state index in [4.69, 9.17) is 9.72 Å². The number of fused-ring (bicyclic) bond motifs is 1. The molecule has 2 aliphatic rings. The number of nitrogens with zero attached hydrogens (tertiary/aromatic N) is 4. The Morgan fingerprint density at radius 3 is 2.79 bits per heavy atom. The molecule has 0 spiro atoms. The van der Waals surface area contributed by atoms with Crippen LogP contribution in [0.3, 0.4) is 0 Å². The minimum absolute atomic E-state index is 0.0187. The van der Waals surface area contributed by atoms with Crippen LogP contribution >= 0.6 is 11.3 Å². The number of amides is 1. The minimum atomic E-state index is -0.0187. The Bertz CT molecular complexity index is 1180. The van der Waals surface area contributed by atoms with Crippen LogP contribution in [0.5, 0.6) is 0 Å². The van der Waals surface area contributed by atoms with Gasteiger partial charge in [-0.05, 0) is 31.4 Å². The second kappa shape index (κ2) is 10.5. The predicted octanol–water partition coefficient (Wildman–Crippen LogP) is 4.34. The molecular formula is C25H30N6O2S. The number of hydrogen-bond acceptors (Lipinski definition) is 8. The van der Waals surface area contributed by atoms with Gasteiger partial charge in [0.2, 0.25) is 5.95 Å². The zero-order valence-corrected chi connectivity index (χ0v) is 20.2. The smallest absolute Gasteiger partial charge is 0.261 e. The predicted molar refractivity (Wildman–Crippen MR) is 137 cm³/mol. The van der Waals surface area contributed by atoms with Gasteiger partial charge in [0.25, 0.3) is 5.91 Å². The fourth-order valence-electron chi connectivity index (χ4n) is 4.48. The number of benzene rings is 1. The van der Waals surface area contributed by atoms with Gasteiger partial charge >= 0.3 is 0 Å². The van der Waals surface area contributed by atoms with Crippen molar-refractivity contribution < 1.29 is 9.53 Å². The monoisotopic (exact) mass is 478 g/mol. The van der Waals surface area contributed by atoms with E-state index in [0.29, 0.717) is 24.0 Å². The van der Waals surface area contributed by atoms with E-state index in [9.17, 15) is 4.79 Å². The minimum Gasteiger partial charge on any atom is -0.378 e. The van der Waals surface area contributed by atoms with Gasteiger partial charge in [-0.15, -0.1) is 11.3 Å². The lowest BCUT2D eigenvalue weighted by atomic mass is 9.95. The molecule has 1 saturated heterocycles. The third kappa shape index (κ3) is 5.37. The number of nitrogens with one attached hydrogen (secondary N) is 2. The number of aryl methyl sites for hydroxylation is 1. The number of rotatable bonds is 6. The maximum Gasteiger partial charge on any atom is 0.261 e. The molecule has 5 rings (SSSR count). The van der Waals surface area contributed by atoms with Crippen molar-refractivity contribution >= 4 is 45.4 Å². The van der Waals surface area contributed by atoms with Gasteiger partial charge in [0.05, 0.1) is 34.5 Å². The Morgan fingerprint density at radius 1 is 1.18 bits per heavy atom. The molecule has 1 aliphatic heterocycles. The molecule has 1 saturated carbocycles. The molecule has 1 amide bonds. The highest BCUT2D eigenvalue weighted by atomic mass is 32.1. The normalized spacial score (nSPS) is 17.4. The van der Waals surface area contributed by atoms with Crippen molar-refractivity contribution in [3.05, 3.63) is 46.3 Å². The summed E-state index contributed by atoms with van der Waals surface area (Å²) in [6, 6.07) is 10.3. The van der Waals surface area contributed by atoms with E-state index in [-0.39, 0.29) is 11.9 Å². The fraction of sp³-hybridized carbons (Fsp3) is 0.440. The molecule has 1 aliphatic carbocycles. The van der Waals surface area contributed by atoms with Crippen LogP contribution in [0.1, 0.15) is 52.9 Å². The zero-order chi connectivity index (χ0) is 23.3. The molecule has 0 unspecified atom stereocenters. The number of hydrazone groups is 1. The maximum atomic E-state index is 13.0. The first-order valence-corrected chi connectivity index (χ1v) is 12.8. The highest BCUT2D eigenvalue weighted by Crippen LogP contribution is 2.33. The molecule has 3 heterocycles. The van der Waals surface area contributed by atoms with Gasteiger partial charge in [-0.2, -0.15) is 10.1 Å². The van der Waals surface area contributed by atoms with E-state index in [1.165, 1.54) is 36.2 Å². The number of aromatic nitrogens is 2. The Balaban J connectivity index is 1.41. The van der Waals surface area contributed by atoms with Crippen molar-refractivity contribution in [1.29, 1.82) is 0 Å². The van der Waals surface area contributed by atoms with Gasteiger partial charge in [-0.1, -0.05) is 49.1 Å². The van der Waals surface area contributed by atoms with E-state index in [2.05, 4.69) is 44.8 Å². The second-order valence-corrected chi connectivity index (χ2v) is 9.94. The van der Waals surface area contributed by atoms with Crippen LogP contribution in [0.15, 0.2) is 35.4 Å². The third-order valence-corrected chi connectivity index (χ3v) is 7.37. The Kier molecular flexibility index (Phi) is 7.01. The first-order valence-electron chi connectivity index (χ1n) is 12.0. The molecule has 34 heavy (non-hydrogen) atoms. The van der Waals surface area contributed by atoms with Gasteiger partial charge in [-0.3, -0.25) is 4.79 Å². The van der Waals surface area contributed by atoms with Crippen LogP contribution in [0.4, 0.5) is 11.8 Å². The summed E-state index contributed by atoms with van der Waals surface area (Å²) in [4.78, 5) is 25.3. The van der Waals surface area contributed by atoms with Crippen molar-refractivity contribution in [2.24, 2.45) is 5.10 Å². The summed E-state index contributed by atoms with van der Waals surface area (Å²) in [5, 5.41) is 7.56. The molecule has 8 nitrogen and oxygen atoms in total. The van der Waals surface area contributed by atoms with Crippen LogP contribution in [-0.2, 0) is 4.74 Å². The average molecular weight is 479 g/mol. The van der Waals surface area contributed by atoms with Gasteiger partial charge in [0.15, 0.2) is 5.82 Å². The van der Waals surface area contributed by atoms with Crippen LogP contribution in [-0.4, -0.2) is 54.4 Å². The number of hydrogen-bond donors (Lipinski definition) is 2. The molecular weight excluding hydrogens is 448 g/mol. The number of carbonyl (C=O) groups is 1.